The molecule has 2 N–H and O–H groups in total. The first-order chi connectivity index (χ1) is 17.5. The summed E-state index contributed by atoms with van der Waals surface area (Å²) in [5, 5.41) is 14.1. The molecule has 0 aliphatic carbocycles. The molecular weight excluding hydrogens is 458 g/mol. The van der Waals surface area contributed by atoms with Crippen molar-refractivity contribution in [1.29, 1.82) is 0 Å². The first kappa shape index (κ1) is 24.7. The number of aryl methyl sites for hydroxylation is 2. The summed E-state index contributed by atoms with van der Waals surface area (Å²) in [6.07, 6.45) is 0.189. The molecule has 0 aliphatic rings. The van der Waals surface area contributed by atoms with Crippen LogP contribution in [0, 0.1) is 6.92 Å². The maximum Gasteiger partial charge on any atom is 0.255 e. The maximum absolute atomic E-state index is 12.9. The lowest BCUT2D eigenvalue weighted by molar-refractivity contribution is -0.116. The molecule has 4 rings (SSSR count). The summed E-state index contributed by atoms with van der Waals surface area (Å²) in [6, 6.07) is 18.3. The zero-order valence-corrected chi connectivity index (χ0v) is 20.6. The van der Waals surface area contributed by atoms with Crippen molar-refractivity contribution in [3.63, 3.8) is 0 Å². The van der Waals surface area contributed by atoms with Gasteiger partial charge >= 0.3 is 0 Å². The van der Waals surface area contributed by atoms with Crippen molar-refractivity contribution in [2.24, 2.45) is 0 Å². The molecule has 36 heavy (non-hydrogen) atoms. The molecule has 9 heteroatoms. The fourth-order valence-corrected chi connectivity index (χ4v) is 3.79. The molecule has 0 bridgehead atoms. The van der Waals surface area contributed by atoms with Gasteiger partial charge in [-0.15, -0.1) is 5.10 Å². The van der Waals surface area contributed by atoms with Gasteiger partial charge in [-0.2, -0.15) is 0 Å². The minimum atomic E-state index is -0.265. The Morgan fingerprint density at radius 3 is 2.28 bits per heavy atom. The van der Waals surface area contributed by atoms with Gasteiger partial charge in [0.1, 0.15) is 17.0 Å². The van der Waals surface area contributed by atoms with Gasteiger partial charge in [-0.3, -0.25) is 9.59 Å². The second-order valence-electron chi connectivity index (χ2n) is 8.13. The van der Waals surface area contributed by atoms with E-state index in [-0.39, 0.29) is 18.2 Å². The molecule has 3 aromatic carbocycles. The first-order valence-electron chi connectivity index (χ1n) is 11.9. The number of hydrogen-bond donors (Lipinski definition) is 2. The van der Waals surface area contributed by atoms with Gasteiger partial charge in [0.15, 0.2) is 0 Å². The fraction of sp³-hybridized carbons (Fsp3) is 0.259. The van der Waals surface area contributed by atoms with Gasteiger partial charge in [0.25, 0.3) is 5.91 Å². The Morgan fingerprint density at radius 1 is 0.889 bits per heavy atom. The summed E-state index contributed by atoms with van der Waals surface area (Å²) in [5.74, 6) is 0.382. The summed E-state index contributed by atoms with van der Waals surface area (Å²) in [5.41, 5.74) is 4.09. The van der Waals surface area contributed by atoms with Crippen LogP contribution in [-0.4, -0.2) is 40.0 Å². The van der Waals surface area contributed by atoms with Crippen LogP contribution in [0.4, 0.5) is 11.4 Å². The third-order valence-corrected chi connectivity index (χ3v) is 5.45. The van der Waals surface area contributed by atoms with E-state index in [0.29, 0.717) is 48.2 Å². The van der Waals surface area contributed by atoms with Crippen molar-refractivity contribution in [3.8, 4) is 11.5 Å². The van der Waals surface area contributed by atoms with Gasteiger partial charge in [-0.25, -0.2) is 4.68 Å². The van der Waals surface area contributed by atoms with Crippen molar-refractivity contribution in [2.45, 2.75) is 33.7 Å². The van der Waals surface area contributed by atoms with Gasteiger partial charge in [0.2, 0.25) is 5.91 Å². The topological polar surface area (TPSA) is 107 Å². The van der Waals surface area contributed by atoms with Gasteiger partial charge < -0.3 is 20.1 Å². The lowest BCUT2D eigenvalue weighted by Crippen LogP contribution is -2.17. The van der Waals surface area contributed by atoms with Crippen molar-refractivity contribution in [3.05, 3.63) is 71.8 Å². The molecule has 4 aromatic rings. The number of anilines is 2. The largest absolute Gasteiger partial charge is 0.492 e. The fourth-order valence-electron chi connectivity index (χ4n) is 3.79. The van der Waals surface area contributed by atoms with Gasteiger partial charge in [-0.05, 0) is 45.0 Å². The average molecular weight is 488 g/mol. The predicted octanol–water partition coefficient (Wildman–Crippen LogP) is 4.82. The van der Waals surface area contributed by atoms with Crippen LogP contribution in [0.1, 0.15) is 36.2 Å². The summed E-state index contributed by atoms with van der Waals surface area (Å²) >= 11 is 0. The zero-order valence-electron chi connectivity index (χ0n) is 20.6. The smallest absolute Gasteiger partial charge is 0.255 e. The number of carbonyl (C=O) groups is 2. The molecule has 0 atom stereocenters. The molecule has 0 saturated heterocycles. The van der Waals surface area contributed by atoms with E-state index in [4.69, 9.17) is 9.47 Å². The van der Waals surface area contributed by atoms with E-state index in [1.807, 2.05) is 63.2 Å². The van der Waals surface area contributed by atoms with Crippen LogP contribution in [0.15, 0.2) is 60.7 Å². The van der Waals surface area contributed by atoms with Crippen molar-refractivity contribution in [2.75, 3.05) is 23.8 Å². The first-order valence-corrected chi connectivity index (χ1v) is 11.9. The molecule has 0 spiro atoms. The van der Waals surface area contributed by atoms with Crippen molar-refractivity contribution < 1.29 is 19.1 Å². The molecule has 1 aromatic heterocycles. The van der Waals surface area contributed by atoms with Gasteiger partial charge in [0.05, 0.1) is 36.6 Å². The van der Waals surface area contributed by atoms with Crippen LogP contribution in [0.3, 0.4) is 0 Å². The number of hydrogen-bond acceptors (Lipinski definition) is 6. The maximum atomic E-state index is 12.9. The van der Waals surface area contributed by atoms with Crippen LogP contribution >= 0.6 is 0 Å². The van der Waals surface area contributed by atoms with Crippen molar-refractivity contribution in [1.82, 2.24) is 15.0 Å². The number of fused-ring (bicyclic) bond motifs is 1. The molecule has 2 amide bonds. The lowest BCUT2D eigenvalue weighted by Gasteiger charge is -2.18. The highest BCUT2D eigenvalue weighted by atomic mass is 16.5. The molecule has 9 nitrogen and oxygen atoms in total. The van der Waals surface area contributed by atoms with Gasteiger partial charge in [-0.1, -0.05) is 35.0 Å². The van der Waals surface area contributed by atoms with E-state index >= 15 is 0 Å². The van der Waals surface area contributed by atoms with E-state index in [1.54, 1.807) is 22.9 Å². The Hall–Kier alpha value is -4.40. The SMILES string of the molecule is CCOc1cc(NC(=O)c2cccc(C)c2)c(OCC)cc1NC(=O)CCn1nnc2ccccc21. The Balaban J connectivity index is 1.52. The Bertz CT molecular complexity index is 1380. The summed E-state index contributed by atoms with van der Waals surface area (Å²) in [4.78, 5) is 25.7. The number of amides is 2. The Morgan fingerprint density at radius 2 is 1.58 bits per heavy atom. The van der Waals surface area contributed by atoms with E-state index in [9.17, 15) is 9.59 Å². The summed E-state index contributed by atoms with van der Waals surface area (Å²) in [7, 11) is 0. The highest BCUT2D eigenvalue weighted by molar-refractivity contribution is 6.05. The molecular formula is C27H29N5O4. The second-order valence-corrected chi connectivity index (χ2v) is 8.13. The average Bonchev–Trinajstić information content (AvgIpc) is 3.28. The normalized spacial score (nSPS) is 10.8. The summed E-state index contributed by atoms with van der Waals surface area (Å²) in [6.45, 7) is 6.77. The molecule has 0 unspecified atom stereocenters. The molecule has 186 valence electrons. The van der Waals surface area contributed by atoms with Gasteiger partial charge in [0, 0.05) is 24.1 Å². The highest BCUT2D eigenvalue weighted by Crippen LogP contribution is 2.37. The number of carbonyl (C=O) groups excluding carboxylic acids is 2. The van der Waals surface area contributed by atoms with Crippen LogP contribution in [0.5, 0.6) is 11.5 Å². The standard InChI is InChI=1S/C27H29N5O4/c1-4-35-24-17-22(29-27(34)19-10-8-9-18(3)15-19)25(36-5-2)16-21(24)28-26(33)13-14-32-23-12-7-6-11-20(23)30-31-32/h6-12,15-17H,4-5,13-14H2,1-3H3,(H,28,33)(H,29,34). The summed E-state index contributed by atoms with van der Waals surface area (Å²) < 4.78 is 13.3. The number of ether oxygens (including phenoxy) is 2. The number of nitrogens with one attached hydrogen (secondary N) is 2. The van der Waals surface area contributed by atoms with E-state index < -0.39 is 0 Å². The van der Waals surface area contributed by atoms with Crippen LogP contribution in [-0.2, 0) is 11.3 Å². The van der Waals surface area contributed by atoms with Crippen molar-refractivity contribution >= 4 is 34.2 Å². The zero-order chi connectivity index (χ0) is 25.5. The van der Waals surface area contributed by atoms with Crippen LogP contribution in [0.25, 0.3) is 11.0 Å². The number of rotatable bonds is 10. The number of para-hydroxylation sites is 1. The number of nitrogens with zero attached hydrogens (tertiary/aromatic N) is 3. The van der Waals surface area contributed by atoms with E-state index in [0.717, 1.165) is 16.6 Å². The minimum absolute atomic E-state index is 0.189. The third-order valence-electron chi connectivity index (χ3n) is 5.45. The Labute approximate surface area is 209 Å². The third kappa shape index (κ3) is 5.80. The number of aromatic nitrogens is 3. The number of benzene rings is 3. The minimum Gasteiger partial charge on any atom is -0.492 e. The monoisotopic (exact) mass is 487 g/mol. The molecule has 1 heterocycles. The van der Waals surface area contributed by atoms with Crippen LogP contribution in [0.2, 0.25) is 0 Å². The Kier molecular flexibility index (Phi) is 7.79. The molecule has 0 radical (unpaired) electrons. The predicted molar refractivity (Wildman–Crippen MR) is 139 cm³/mol. The molecule has 0 aliphatic heterocycles. The van der Waals surface area contributed by atoms with E-state index in [1.165, 1.54) is 0 Å². The lowest BCUT2D eigenvalue weighted by atomic mass is 10.1. The highest BCUT2D eigenvalue weighted by Gasteiger charge is 2.17. The molecule has 0 fully saturated rings. The quantitative estimate of drug-likeness (QED) is 0.332. The molecule has 0 saturated carbocycles. The van der Waals surface area contributed by atoms with Crippen LogP contribution < -0.4 is 20.1 Å². The van der Waals surface area contributed by atoms with E-state index in [2.05, 4.69) is 20.9 Å². The second kappa shape index (κ2) is 11.4.